The van der Waals surface area contributed by atoms with E-state index in [0.717, 1.165) is 49.8 Å². The van der Waals surface area contributed by atoms with E-state index in [1.165, 1.54) is 11.3 Å². The summed E-state index contributed by atoms with van der Waals surface area (Å²) in [5.74, 6) is 0.428. The van der Waals surface area contributed by atoms with Gasteiger partial charge < -0.3 is 20.3 Å². The van der Waals surface area contributed by atoms with E-state index in [9.17, 15) is 4.79 Å². The maximum atomic E-state index is 13.2. The SMILES string of the molecule is C=CCn1c(=O)c2cnc(Nc3ccc(N4CCOCC4)c(C)c3)nc2n1-c1cccc(CNC)c1. The Balaban J connectivity index is 1.52. The molecule has 0 bridgehead atoms. The lowest BCUT2D eigenvalue weighted by atomic mass is 10.1. The van der Waals surface area contributed by atoms with Crippen molar-refractivity contribution < 1.29 is 4.74 Å². The largest absolute Gasteiger partial charge is 0.378 e. The Morgan fingerprint density at radius 3 is 2.75 bits per heavy atom. The van der Waals surface area contributed by atoms with Gasteiger partial charge in [-0.05, 0) is 55.4 Å². The lowest BCUT2D eigenvalue weighted by Crippen LogP contribution is -2.36. The molecule has 0 spiro atoms. The van der Waals surface area contributed by atoms with Gasteiger partial charge in [-0.3, -0.25) is 4.79 Å². The molecule has 0 aliphatic carbocycles. The first-order valence-electron chi connectivity index (χ1n) is 12.1. The summed E-state index contributed by atoms with van der Waals surface area (Å²) in [5.41, 5.74) is 5.61. The first-order valence-corrected chi connectivity index (χ1v) is 12.1. The van der Waals surface area contributed by atoms with Gasteiger partial charge in [0.15, 0.2) is 5.65 Å². The van der Waals surface area contributed by atoms with Crippen LogP contribution in [0.4, 0.5) is 17.3 Å². The molecular formula is C27H31N7O2. The average Bonchev–Trinajstić information content (AvgIpc) is 3.16. The number of benzene rings is 2. The molecule has 0 unspecified atom stereocenters. The quantitative estimate of drug-likeness (QED) is 0.370. The van der Waals surface area contributed by atoms with Crippen molar-refractivity contribution in [3.05, 3.63) is 82.8 Å². The fourth-order valence-corrected chi connectivity index (χ4v) is 4.66. The number of anilines is 3. The Morgan fingerprint density at radius 2 is 2.00 bits per heavy atom. The number of hydrogen-bond acceptors (Lipinski definition) is 7. The molecule has 0 radical (unpaired) electrons. The molecule has 1 aliphatic heterocycles. The standard InChI is InChI=1S/C27H31N7O2/c1-4-10-33-26(35)23-18-29-27(31-25(23)34(33)22-7-5-6-20(16-22)17-28-3)30-21-8-9-24(19(2)15-21)32-11-13-36-14-12-32/h4-9,15-16,18,28H,1,10-14,17H2,2-3H3,(H,29,30,31). The summed E-state index contributed by atoms with van der Waals surface area (Å²) >= 11 is 0. The maximum Gasteiger partial charge on any atom is 0.278 e. The molecule has 36 heavy (non-hydrogen) atoms. The fraction of sp³-hybridized carbons (Fsp3) is 0.296. The molecule has 0 saturated carbocycles. The molecule has 1 saturated heterocycles. The number of rotatable bonds is 8. The van der Waals surface area contributed by atoms with Crippen LogP contribution in [0, 0.1) is 6.92 Å². The number of ether oxygens (including phenoxy) is 1. The number of nitrogens with zero attached hydrogens (tertiary/aromatic N) is 5. The van der Waals surface area contributed by atoms with Crippen LogP contribution in [-0.2, 0) is 17.8 Å². The Kier molecular flexibility index (Phi) is 6.84. The number of morpholine rings is 1. The topological polar surface area (TPSA) is 89.2 Å². The van der Waals surface area contributed by atoms with E-state index in [1.807, 2.05) is 36.0 Å². The number of fused-ring (bicyclic) bond motifs is 1. The van der Waals surface area contributed by atoms with E-state index in [1.54, 1.807) is 17.0 Å². The highest BCUT2D eigenvalue weighted by Gasteiger charge is 2.18. The Hall–Kier alpha value is -3.95. The minimum atomic E-state index is -0.152. The van der Waals surface area contributed by atoms with Crippen LogP contribution in [0.1, 0.15) is 11.1 Å². The summed E-state index contributed by atoms with van der Waals surface area (Å²) < 4.78 is 8.96. The van der Waals surface area contributed by atoms with Crippen molar-refractivity contribution in [3.63, 3.8) is 0 Å². The first kappa shape index (κ1) is 23.8. The van der Waals surface area contributed by atoms with E-state index < -0.39 is 0 Å². The number of hydrogen-bond donors (Lipinski definition) is 2. The molecule has 5 rings (SSSR count). The summed E-state index contributed by atoms with van der Waals surface area (Å²) in [5, 5.41) is 6.95. The summed E-state index contributed by atoms with van der Waals surface area (Å²) in [6.45, 7) is 10.3. The summed E-state index contributed by atoms with van der Waals surface area (Å²) in [6, 6.07) is 14.3. The number of aryl methyl sites for hydroxylation is 1. The third-order valence-corrected chi connectivity index (χ3v) is 6.32. The molecular weight excluding hydrogens is 454 g/mol. The molecule has 2 N–H and O–H groups in total. The van der Waals surface area contributed by atoms with Crippen LogP contribution in [0.5, 0.6) is 0 Å². The minimum absolute atomic E-state index is 0.152. The normalized spacial score (nSPS) is 13.8. The lowest BCUT2D eigenvalue weighted by molar-refractivity contribution is 0.122. The summed E-state index contributed by atoms with van der Waals surface area (Å²) in [4.78, 5) is 24.8. The lowest BCUT2D eigenvalue weighted by Gasteiger charge is -2.30. The predicted octanol–water partition coefficient (Wildman–Crippen LogP) is 3.38. The van der Waals surface area contributed by atoms with Crippen molar-refractivity contribution in [1.29, 1.82) is 0 Å². The van der Waals surface area contributed by atoms with Crippen LogP contribution in [0.15, 0.2) is 66.1 Å². The maximum absolute atomic E-state index is 13.2. The highest BCUT2D eigenvalue weighted by molar-refractivity contribution is 5.77. The van der Waals surface area contributed by atoms with Gasteiger partial charge in [0.1, 0.15) is 5.39 Å². The first-order chi connectivity index (χ1) is 17.6. The van der Waals surface area contributed by atoms with Crippen molar-refractivity contribution in [2.75, 3.05) is 43.6 Å². The molecule has 0 amide bonds. The van der Waals surface area contributed by atoms with Crippen molar-refractivity contribution in [1.82, 2.24) is 24.6 Å². The van der Waals surface area contributed by atoms with Crippen molar-refractivity contribution in [2.45, 2.75) is 20.0 Å². The van der Waals surface area contributed by atoms with Crippen molar-refractivity contribution in [3.8, 4) is 5.69 Å². The van der Waals surface area contributed by atoms with Gasteiger partial charge in [-0.1, -0.05) is 18.2 Å². The fourth-order valence-electron chi connectivity index (χ4n) is 4.66. The van der Waals surface area contributed by atoms with Gasteiger partial charge in [0.2, 0.25) is 5.95 Å². The van der Waals surface area contributed by atoms with Gasteiger partial charge in [-0.25, -0.2) is 14.3 Å². The van der Waals surface area contributed by atoms with Gasteiger partial charge in [-0.15, -0.1) is 6.58 Å². The van der Waals surface area contributed by atoms with E-state index in [4.69, 9.17) is 9.72 Å². The Labute approximate surface area is 210 Å². The Morgan fingerprint density at radius 1 is 1.17 bits per heavy atom. The average molecular weight is 486 g/mol. The van der Waals surface area contributed by atoms with Crippen LogP contribution in [0.25, 0.3) is 16.7 Å². The van der Waals surface area contributed by atoms with Crippen molar-refractivity contribution >= 4 is 28.4 Å². The smallest absolute Gasteiger partial charge is 0.278 e. The molecule has 9 heteroatoms. The zero-order valence-electron chi connectivity index (χ0n) is 20.7. The van der Waals surface area contributed by atoms with E-state index >= 15 is 0 Å². The van der Waals surface area contributed by atoms with Crippen LogP contribution in [-0.4, -0.2) is 52.7 Å². The van der Waals surface area contributed by atoms with Crippen LogP contribution in [0.2, 0.25) is 0 Å². The van der Waals surface area contributed by atoms with Gasteiger partial charge in [0, 0.05) is 37.2 Å². The molecule has 1 fully saturated rings. The second-order valence-corrected chi connectivity index (χ2v) is 8.84. The monoisotopic (exact) mass is 485 g/mol. The van der Waals surface area contributed by atoms with Gasteiger partial charge in [0.25, 0.3) is 5.56 Å². The summed E-state index contributed by atoms with van der Waals surface area (Å²) in [7, 11) is 1.91. The Bertz CT molecular complexity index is 1450. The molecule has 2 aromatic heterocycles. The highest BCUT2D eigenvalue weighted by atomic mass is 16.5. The molecule has 186 valence electrons. The van der Waals surface area contributed by atoms with Gasteiger partial charge >= 0.3 is 0 Å². The zero-order valence-corrected chi connectivity index (χ0v) is 20.7. The zero-order chi connectivity index (χ0) is 25.1. The third kappa shape index (κ3) is 4.62. The van der Waals surface area contributed by atoms with E-state index in [0.29, 0.717) is 23.5 Å². The molecule has 3 heterocycles. The third-order valence-electron chi connectivity index (χ3n) is 6.32. The van der Waals surface area contributed by atoms with Crippen LogP contribution < -0.4 is 21.1 Å². The van der Waals surface area contributed by atoms with E-state index in [-0.39, 0.29) is 5.56 Å². The molecule has 9 nitrogen and oxygen atoms in total. The van der Waals surface area contributed by atoms with Gasteiger partial charge in [-0.2, -0.15) is 4.98 Å². The molecule has 4 aromatic rings. The number of allylic oxidation sites excluding steroid dienone is 1. The van der Waals surface area contributed by atoms with Crippen LogP contribution in [0.3, 0.4) is 0 Å². The van der Waals surface area contributed by atoms with E-state index in [2.05, 4.69) is 52.2 Å². The minimum Gasteiger partial charge on any atom is -0.378 e. The summed E-state index contributed by atoms with van der Waals surface area (Å²) in [6.07, 6.45) is 3.30. The predicted molar refractivity (Wildman–Crippen MR) is 144 cm³/mol. The molecule has 1 aliphatic rings. The highest BCUT2D eigenvalue weighted by Crippen LogP contribution is 2.26. The number of aromatic nitrogens is 4. The second kappa shape index (κ2) is 10.3. The van der Waals surface area contributed by atoms with Gasteiger partial charge in [0.05, 0.1) is 25.4 Å². The number of nitrogens with one attached hydrogen (secondary N) is 2. The van der Waals surface area contributed by atoms with Crippen molar-refractivity contribution in [2.24, 2.45) is 0 Å². The second-order valence-electron chi connectivity index (χ2n) is 8.84. The molecule has 0 atom stereocenters. The molecule has 2 aromatic carbocycles. The van der Waals surface area contributed by atoms with Crippen LogP contribution >= 0.6 is 0 Å².